The van der Waals surface area contributed by atoms with Crippen LogP contribution in [0.4, 0.5) is 13.2 Å². The third-order valence-corrected chi connectivity index (χ3v) is 3.55. The molecule has 0 aliphatic heterocycles. The van der Waals surface area contributed by atoms with E-state index in [4.69, 9.17) is 4.74 Å². The SMILES string of the molecule is CCCNC1CCC(C)CC1OC(C)C(F)(F)F. The Morgan fingerprint density at radius 1 is 1.33 bits per heavy atom. The van der Waals surface area contributed by atoms with Crippen LogP contribution in [0, 0.1) is 5.92 Å². The molecule has 5 heteroatoms. The Kier molecular flexibility index (Phi) is 5.92. The third kappa shape index (κ3) is 4.76. The number of nitrogens with one attached hydrogen (secondary N) is 1. The normalized spacial score (nSPS) is 31.3. The van der Waals surface area contributed by atoms with Crippen molar-refractivity contribution >= 4 is 0 Å². The van der Waals surface area contributed by atoms with Crippen LogP contribution in [0.2, 0.25) is 0 Å². The molecule has 0 heterocycles. The van der Waals surface area contributed by atoms with Gasteiger partial charge in [0, 0.05) is 6.04 Å². The molecular formula is C13H24F3NO. The Balaban J connectivity index is 2.55. The Morgan fingerprint density at radius 3 is 2.56 bits per heavy atom. The van der Waals surface area contributed by atoms with Crippen molar-refractivity contribution in [3.05, 3.63) is 0 Å². The molecule has 0 saturated heterocycles. The van der Waals surface area contributed by atoms with Gasteiger partial charge in [-0.2, -0.15) is 13.2 Å². The molecule has 4 atom stereocenters. The number of hydrogen-bond acceptors (Lipinski definition) is 2. The lowest BCUT2D eigenvalue weighted by molar-refractivity contribution is -0.233. The standard InChI is InChI=1S/C13H24F3NO/c1-4-7-17-11-6-5-9(2)8-12(11)18-10(3)13(14,15)16/h9-12,17H,4-8H2,1-3H3. The van der Waals surface area contributed by atoms with Gasteiger partial charge < -0.3 is 10.1 Å². The van der Waals surface area contributed by atoms with Gasteiger partial charge in [-0.1, -0.05) is 13.8 Å². The van der Waals surface area contributed by atoms with E-state index in [2.05, 4.69) is 12.2 Å². The monoisotopic (exact) mass is 267 g/mol. The quantitative estimate of drug-likeness (QED) is 0.823. The van der Waals surface area contributed by atoms with Crippen LogP contribution in [0.3, 0.4) is 0 Å². The van der Waals surface area contributed by atoms with Crippen LogP contribution in [0.15, 0.2) is 0 Å². The minimum absolute atomic E-state index is 0.0611. The Morgan fingerprint density at radius 2 is 2.00 bits per heavy atom. The summed E-state index contributed by atoms with van der Waals surface area (Å²) in [6.07, 6.45) is -2.63. The smallest absolute Gasteiger partial charge is 0.364 e. The highest BCUT2D eigenvalue weighted by molar-refractivity contribution is 4.85. The Labute approximate surface area is 107 Å². The first-order valence-electron chi connectivity index (χ1n) is 6.80. The largest absolute Gasteiger partial charge is 0.414 e. The van der Waals surface area contributed by atoms with Crippen LogP contribution in [-0.2, 0) is 4.74 Å². The molecule has 2 nitrogen and oxygen atoms in total. The van der Waals surface area contributed by atoms with Gasteiger partial charge in [0.2, 0.25) is 0 Å². The predicted octanol–water partition coefficient (Wildman–Crippen LogP) is 3.51. The number of halogens is 3. The number of rotatable bonds is 5. The second-order valence-electron chi connectivity index (χ2n) is 5.34. The summed E-state index contributed by atoms with van der Waals surface area (Å²) in [6.45, 7) is 6.05. The predicted molar refractivity (Wildman–Crippen MR) is 65.5 cm³/mol. The fourth-order valence-corrected chi connectivity index (χ4v) is 2.38. The summed E-state index contributed by atoms with van der Waals surface area (Å²) >= 11 is 0. The summed E-state index contributed by atoms with van der Waals surface area (Å²) in [6, 6.07) is 0.0611. The lowest BCUT2D eigenvalue weighted by atomic mass is 9.85. The molecule has 0 bridgehead atoms. The highest BCUT2D eigenvalue weighted by Gasteiger charge is 2.40. The zero-order valence-electron chi connectivity index (χ0n) is 11.4. The van der Waals surface area contributed by atoms with Crippen molar-refractivity contribution in [2.45, 2.75) is 70.9 Å². The van der Waals surface area contributed by atoms with Crippen LogP contribution in [0.5, 0.6) is 0 Å². The molecule has 108 valence electrons. The second kappa shape index (κ2) is 6.75. The number of ether oxygens (including phenoxy) is 1. The van der Waals surface area contributed by atoms with E-state index in [1.807, 2.05) is 6.92 Å². The molecule has 1 N–H and O–H groups in total. The average molecular weight is 267 g/mol. The second-order valence-corrected chi connectivity index (χ2v) is 5.34. The van der Waals surface area contributed by atoms with E-state index in [1.165, 1.54) is 0 Å². The molecule has 1 fully saturated rings. The topological polar surface area (TPSA) is 21.3 Å². The average Bonchev–Trinajstić information content (AvgIpc) is 2.26. The van der Waals surface area contributed by atoms with Gasteiger partial charge in [0.15, 0.2) is 6.10 Å². The first-order valence-corrected chi connectivity index (χ1v) is 6.80. The molecule has 1 aliphatic carbocycles. The van der Waals surface area contributed by atoms with E-state index >= 15 is 0 Å². The van der Waals surface area contributed by atoms with Crippen LogP contribution in [0.1, 0.15) is 46.5 Å². The molecular weight excluding hydrogens is 243 g/mol. The summed E-state index contributed by atoms with van der Waals surface area (Å²) in [5.74, 6) is 0.440. The maximum absolute atomic E-state index is 12.5. The molecule has 0 spiro atoms. The van der Waals surface area contributed by atoms with Gasteiger partial charge in [0.05, 0.1) is 6.10 Å². The molecule has 0 aromatic heterocycles. The van der Waals surface area contributed by atoms with Crippen molar-refractivity contribution in [3.63, 3.8) is 0 Å². The molecule has 0 aromatic carbocycles. The van der Waals surface area contributed by atoms with E-state index in [0.717, 1.165) is 32.7 Å². The van der Waals surface area contributed by atoms with Crippen molar-refractivity contribution in [2.24, 2.45) is 5.92 Å². The van der Waals surface area contributed by atoms with E-state index in [9.17, 15) is 13.2 Å². The van der Waals surface area contributed by atoms with Crippen molar-refractivity contribution in [1.29, 1.82) is 0 Å². The van der Waals surface area contributed by atoms with Crippen LogP contribution in [0.25, 0.3) is 0 Å². The van der Waals surface area contributed by atoms with Crippen LogP contribution >= 0.6 is 0 Å². The zero-order chi connectivity index (χ0) is 13.8. The lowest BCUT2D eigenvalue weighted by Crippen LogP contribution is -2.48. The van der Waals surface area contributed by atoms with Gasteiger partial charge >= 0.3 is 6.18 Å². The summed E-state index contributed by atoms with van der Waals surface area (Å²) in [7, 11) is 0. The van der Waals surface area contributed by atoms with Gasteiger partial charge in [-0.05, 0) is 45.1 Å². The van der Waals surface area contributed by atoms with Crippen molar-refractivity contribution in [2.75, 3.05) is 6.54 Å². The summed E-state index contributed by atoms with van der Waals surface area (Å²) in [5, 5.41) is 3.31. The molecule has 1 saturated carbocycles. The van der Waals surface area contributed by atoms with Crippen molar-refractivity contribution < 1.29 is 17.9 Å². The molecule has 0 aromatic rings. The van der Waals surface area contributed by atoms with Gasteiger partial charge in [-0.3, -0.25) is 0 Å². The van der Waals surface area contributed by atoms with Gasteiger partial charge in [-0.25, -0.2) is 0 Å². The van der Waals surface area contributed by atoms with Crippen LogP contribution in [-0.4, -0.2) is 31.0 Å². The van der Waals surface area contributed by atoms with Crippen molar-refractivity contribution in [3.8, 4) is 0 Å². The fourth-order valence-electron chi connectivity index (χ4n) is 2.38. The highest BCUT2D eigenvalue weighted by atomic mass is 19.4. The van der Waals surface area contributed by atoms with Gasteiger partial charge in [0.25, 0.3) is 0 Å². The molecule has 1 aliphatic rings. The number of hydrogen-bond donors (Lipinski definition) is 1. The molecule has 1 rings (SSSR count). The third-order valence-electron chi connectivity index (χ3n) is 3.55. The lowest BCUT2D eigenvalue weighted by Gasteiger charge is -2.37. The minimum atomic E-state index is -4.27. The Bertz CT molecular complexity index is 243. The van der Waals surface area contributed by atoms with Gasteiger partial charge in [-0.15, -0.1) is 0 Å². The fraction of sp³-hybridized carbons (Fsp3) is 1.00. The van der Waals surface area contributed by atoms with E-state index < -0.39 is 12.3 Å². The first-order chi connectivity index (χ1) is 8.34. The molecule has 0 amide bonds. The summed E-state index contributed by atoms with van der Waals surface area (Å²) in [4.78, 5) is 0. The number of alkyl halides is 3. The minimum Gasteiger partial charge on any atom is -0.364 e. The zero-order valence-corrected chi connectivity index (χ0v) is 11.4. The summed E-state index contributed by atoms with van der Waals surface area (Å²) in [5.41, 5.74) is 0. The maximum atomic E-state index is 12.5. The molecule has 18 heavy (non-hydrogen) atoms. The van der Waals surface area contributed by atoms with E-state index in [-0.39, 0.29) is 12.1 Å². The maximum Gasteiger partial charge on any atom is 0.414 e. The first kappa shape index (κ1) is 15.8. The van der Waals surface area contributed by atoms with Crippen molar-refractivity contribution in [1.82, 2.24) is 5.32 Å². The molecule has 0 radical (unpaired) electrons. The van der Waals surface area contributed by atoms with E-state index in [1.54, 1.807) is 0 Å². The summed E-state index contributed by atoms with van der Waals surface area (Å²) < 4.78 is 42.9. The van der Waals surface area contributed by atoms with E-state index in [0.29, 0.717) is 12.3 Å². The van der Waals surface area contributed by atoms with Gasteiger partial charge in [0.1, 0.15) is 0 Å². The highest BCUT2D eigenvalue weighted by Crippen LogP contribution is 2.31. The van der Waals surface area contributed by atoms with Crippen LogP contribution < -0.4 is 5.32 Å². The Hall–Kier alpha value is -0.290. The molecule has 4 unspecified atom stereocenters.